The minimum absolute atomic E-state index is 0.0416. The number of nitro benzene ring substituents is 1. The fraction of sp³-hybridized carbons (Fsp3) is 0.0667. The van der Waals surface area contributed by atoms with E-state index < -0.39 is 10.9 Å². The molecule has 0 N–H and O–H groups in total. The molecule has 0 amide bonds. The lowest BCUT2D eigenvalue weighted by Crippen LogP contribution is -2.01. The molecule has 0 saturated heterocycles. The molecule has 0 aliphatic rings. The number of carbonyl (C=O) groups is 1. The standard InChI is InChI=1S/C15H11ClN2O4/c16-13-6-4-11(9-14(13)18(20)21)5-7-15(19)22-10-12-3-1-2-8-17-12/h1-9H,10H2. The summed E-state index contributed by atoms with van der Waals surface area (Å²) in [5.41, 5.74) is 0.892. The molecule has 0 fully saturated rings. The Hall–Kier alpha value is -2.73. The van der Waals surface area contributed by atoms with Gasteiger partial charge in [-0.05, 0) is 29.8 Å². The molecule has 112 valence electrons. The number of ether oxygens (including phenoxy) is 1. The first-order valence-electron chi connectivity index (χ1n) is 6.25. The molecule has 1 aromatic heterocycles. The molecule has 0 aliphatic heterocycles. The van der Waals surface area contributed by atoms with Crippen LogP contribution >= 0.6 is 11.6 Å². The number of halogens is 1. The van der Waals surface area contributed by atoms with E-state index in [4.69, 9.17) is 16.3 Å². The van der Waals surface area contributed by atoms with Gasteiger partial charge in [0, 0.05) is 18.3 Å². The van der Waals surface area contributed by atoms with E-state index in [1.165, 1.54) is 24.3 Å². The number of esters is 1. The van der Waals surface area contributed by atoms with E-state index in [0.717, 1.165) is 0 Å². The van der Waals surface area contributed by atoms with E-state index >= 15 is 0 Å². The zero-order valence-corrected chi connectivity index (χ0v) is 12.1. The molecule has 2 aromatic rings. The highest BCUT2D eigenvalue weighted by Gasteiger charge is 2.11. The Balaban J connectivity index is 1.98. The van der Waals surface area contributed by atoms with Crippen LogP contribution in [-0.2, 0) is 16.1 Å². The Morgan fingerprint density at radius 3 is 2.86 bits per heavy atom. The molecule has 1 aromatic carbocycles. The number of aromatic nitrogens is 1. The first kappa shape index (κ1) is 15.7. The second-order valence-electron chi connectivity index (χ2n) is 4.23. The lowest BCUT2D eigenvalue weighted by Gasteiger charge is -2.01. The average Bonchev–Trinajstić information content (AvgIpc) is 2.53. The predicted molar refractivity (Wildman–Crippen MR) is 81.2 cm³/mol. The van der Waals surface area contributed by atoms with Crippen molar-refractivity contribution in [2.45, 2.75) is 6.61 Å². The summed E-state index contributed by atoms with van der Waals surface area (Å²) < 4.78 is 5.00. The van der Waals surface area contributed by atoms with Gasteiger partial charge >= 0.3 is 5.97 Å². The molecule has 1 heterocycles. The Morgan fingerprint density at radius 2 is 2.18 bits per heavy atom. The summed E-state index contributed by atoms with van der Waals surface area (Å²) in [6, 6.07) is 9.54. The molecule has 2 rings (SSSR count). The normalized spacial score (nSPS) is 10.6. The van der Waals surface area contributed by atoms with Crippen molar-refractivity contribution < 1.29 is 14.5 Å². The quantitative estimate of drug-likeness (QED) is 0.365. The molecule has 22 heavy (non-hydrogen) atoms. The number of pyridine rings is 1. The van der Waals surface area contributed by atoms with Gasteiger partial charge in [-0.2, -0.15) is 0 Å². The summed E-state index contributed by atoms with van der Waals surface area (Å²) in [5, 5.41) is 10.8. The van der Waals surface area contributed by atoms with Crippen molar-refractivity contribution in [3.8, 4) is 0 Å². The average molecular weight is 319 g/mol. The summed E-state index contributed by atoms with van der Waals surface area (Å²) in [6.07, 6.45) is 4.21. The van der Waals surface area contributed by atoms with Crippen LogP contribution in [0.2, 0.25) is 5.02 Å². The molecule has 6 nitrogen and oxygen atoms in total. The highest BCUT2D eigenvalue weighted by Crippen LogP contribution is 2.25. The largest absolute Gasteiger partial charge is 0.456 e. The number of rotatable bonds is 5. The van der Waals surface area contributed by atoms with Crippen molar-refractivity contribution in [2.24, 2.45) is 0 Å². The fourth-order valence-electron chi connectivity index (χ4n) is 1.61. The van der Waals surface area contributed by atoms with Crippen molar-refractivity contribution in [1.82, 2.24) is 4.98 Å². The second kappa shape index (κ2) is 7.33. The van der Waals surface area contributed by atoms with Crippen molar-refractivity contribution >= 4 is 29.3 Å². The monoisotopic (exact) mass is 318 g/mol. The van der Waals surface area contributed by atoms with Gasteiger partial charge in [-0.15, -0.1) is 0 Å². The summed E-state index contributed by atoms with van der Waals surface area (Å²) in [7, 11) is 0. The maximum atomic E-state index is 11.6. The minimum Gasteiger partial charge on any atom is -0.456 e. The predicted octanol–water partition coefficient (Wildman–Crippen LogP) is 3.40. The van der Waals surface area contributed by atoms with Gasteiger partial charge in [0.05, 0.1) is 10.6 Å². The summed E-state index contributed by atoms with van der Waals surface area (Å²) in [4.78, 5) is 25.8. The van der Waals surface area contributed by atoms with Crippen LogP contribution in [0.15, 0.2) is 48.7 Å². The zero-order valence-electron chi connectivity index (χ0n) is 11.3. The highest BCUT2D eigenvalue weighted by atomic mass is 35.5. The van der Waals surface area contributed by atoms with Gasteiger partial charge in [-0.25, -0.2) is 4.79 Å². The molecule has 0 aliphatic carbocycles. The topological polar surface area (TPSA) is 82.3 Å². The summed E-state index contributed by atoms with van der Waals surface area (Å²) in [5.74, 6) is -0.566. The Labute approximate surface area is 131 Å². The van der Waals surface area contributed by atoms with Crippen LogP contribution in [0, 0.1) is 10.1 Å². The van der Waals surface area contributed by atoms with Crippen molar-refractivity contribution in [2.75, 3.05) is 0 Å². The third-order valence-electron chi connectivity index (χ3n) is 2.67. The molecular formula is C15H11ClN2O4. The molecule has 0 unspecified atom stereocenters. The van der Waals surface area contributed by atoms with Crippen LogP contribution in [0.5, 0.6) is 0 Å². The van der Waals surface area contributed by atoms with Gasteiger partial charge in [-0.1, -0.05) is 23.7 Å². The third kappa shape index (κ3) is 4.39. The van der Waals surface area contributed by atoms with Crippen molar-refractivity contribution in [3.63, 3.8) is 0 Å². The van der Waals surface area contributed by atoms with Gasteiger partial charge < -0.3 is 4.74 Å². The van der Waals surface area contributed by atoms with Crippen LogP contribution in [0.1, 0.15) is 11.3 Å². The molecule has 0 radical (unpaired) electrons. The maximum absolute atomic E-state index is 11.6. The van der Waals surface area contributed by atoms with Crippen LogP contribution in [0.25, 0.3) is 6.08 Å². The number of nitro groups is 1. The molecule has 0 bridgehead atoms. The Morgan fingerprint density at radius 1 is 1.36 bits per heavy atom. The third-order valence-corrected chi connectivity index (χ3v) is 2.99. The van der Waals surface area contributed by atoms with E-state index in [9.17, 15) is 14.9 Å². The van der Waals surface area contributed by atoms with E-state index in [0.29, 0.717) is 11.3 Å². The lowest BCUT2D eigenvalue weighted by molar-refractivity contribution is -0.384. The first-order chi connectivity index (χ1) is 10.6. The zero-order chi connectivity index (χ0) is 15.9. The lowest BCUT2D eigenvalue weighted by atomic mass is 10.2. The van der Waals surface area contributed by atoms with E-state index in [2.05, 4.69) is 4.98 Å². The molecule has 0 saturated carbocycles. The van der Waals surface area contributed by atoms with Gasteiger partial charge in [0.1, 0.15) is 11.6 Å². The molecule has 7 heteroatoms. The number of hydrogen-bond donors (Lipinski definition) is 0. The number of benzene rings is 1. The van der Waals surface area contributed by atoms with Gasteiger partial charge in [-0.3, -0.25) is 15.1 Å². The van der Waals surface area contributed by atoms with E-state index in [1.54, 1.807) is 30.5 Å². The van der Waals surface area contributed by atoms with Crippen LogP contribution in [0.4, 0.5) is 5.69 Å². The summed E-state index contributed by atoms with van der Waals surface area (Å²) >= 11 is 5.71. The highest BCUT2D eigenvalue weighted by molar-refractivity contribution is 6.32. The Kier molecular flexibility index (Phi) is 5.21. The van der Waals surface area contributed by atoms with Crippen LogP contribution in [0.3, 0.4) is 0 Å². The minimum atomic E-state index is -0.584. The molecular weight excluding hydrogens is 308 g/mol. The van der Waals surface area contributed by atoms with Gasteiger partial charge in [0.25, 0.3) is 5.69 Å². The SMILES string of the molecule is O=C(C=Cc1ccc(Cl)c([N+](=O)[O-])c1)OCc1ccccn1. The van der Waals surface area contributed by atoms with Crippen LogP contribution in [-0.4, -0.2) is 15.9 Å². The smallest absolute Gasteiger partial charge is 0.331 e. The Bertz CT molecular complexity index is 717. The fourth-order valence-corrected chi connectivity index (χ4v) is 1.80. The van der Waals surface area contributed by atoms with Crippen molar-refractivity contribution in [1.29, 1.82) is 0 Å². The van der Waals surface area contributed by atoms with E-state index in [1.807, 2.05) is 0 Å². The molecule has 0 spiro atoms. The number of nitrogens with zero attached hydrogens (tertiary/aromatic N) is 2. The maximum Gasteiger partial charge on any atom is 0.331 e. The van der Waals surface area contributed by atoms with Crippen LogP contribution < -0.4 is 0 Å². The van der Waals surface area contributed by atoms with Gasteiger partial charge in [0.15, 0.2) is 0 Å². The first-order valence-corrected chi connectivity index (χ1v) is 6.63. The summed E-state index contributed by atoms with van der Waals surface area (Å²) in [6.45, 7) is 0.0603. The van der Waals surface area contributed by atoms with Gasteiger partial charge in [0.2, 0.25) is 0 Å². The molecule has 0 atom stereocenters. The second-order valence-corrected chi connectivity index (χ2v) is 4.64. The van der Waals surface area contributed by atoms with E-state index in [-0.39, 0.29) is 17.3 Å². The number of carbonyl (C=O) groups excluding carboxylic acids is 1. The number of hydrogen-bond acceptors (Lipinski definition) is 5. The van der Waals surface area contributed by atoms with Crippen molar-refractivity contribution in [3.05, 3.63) is 75.1 Å².